The summed E-state index contributed by atoms with van der Waals surface area (Å²) in [4.78, 5) is 0. The van der Waals surface area contributed by atoms with Crippen LogP contribution in [-0.2, 0) is 21.3 Å². The average molecular weight is 257 g/mol. The predicted octanol–water partition coefficient (Wildman–Crippen LogP) is 1.83. The van der Waals surface area contributed by atoms with E-state index >= 15 is 0 Å². The number of nitrogens with two attached hydrogens (primary N) is 1. The summed E-state index contributed by atoms with van der Waals surface area (Å²) in [5.74, 6) is -0.221. The van der Waals surface area contributed by atoms with Crippen molar-refractivity contribution < 1.29 is 13.3 Å². The SMILES string of the molecule is CC1OCCC1S(=O)Cc1c(N)cccc1F. The topological polar surface area (TPSA) is 52.3 Å². The van der Waals surface area contributed by atoms with Gasteiger partial charge >= 0.3 is 0 Å². The van der Waals surface area contributed by atoms with E-state index in [2.05, 4.69) is 0 Å². The van der Waals surface area contributed by atoms with Gasteiger partial charge < -0.3 is 10.5 Å². The minimum atomic E-state index is -1.14. The first kappa shape index (κ1) is 12.5. The van der Waals surface area contributed by atoms with Gasteiger partial charge in [0, 0.05) is 28.7 Å². The van der Waals surface area contributed by atoms with Gasteiger partial charge in [0.25, 0.3) is 0 Å². The highest BCUT2D eigenvalue weighted by atomic mass is 32.2. The van der Waals surface area contributed by atoms with Gasteiger partial charge in [0.15, 0.2) is 0 Å². The maximum absolute atomic E-state index is 13.5. The molecule has 17 heavy (non-hydrogen) atoms. The fourth-order valence-corrected chi connectivity index (χ4v) is 3.70. The maximum Gasteiger partial charge on any atom is 0.129 e. The maximum atomic E-state index is 13.5. The smallest absolute Gasteiger partial charge is 0.129 e. The molecule has 1 aromatic carbocycles. The molecule has 2 rings (SSSR count). The summed E-state index contributed by atoms with van der Waals surface area (Å²) in [6.45, 7) is 2.53. The highest BCUT2D eigenvalue weighted by Gasteiger charge is 2.30. The second kappa shape index (κ2) is 5.14. The number of halogens is 1. The Kier molecular flexibility index (Phi) is 3.79. The van der Waals surface area contributed by atoms with E-state index in [9.17, 15) is 8.60 Å². The second-order valence-corrected chi connectivity index (χ2v) is 5.89. The van der Waals surface area contributed by atoms with E-state index in [0.717, 1.165) is 6.42 Å². The van der Waals surface area contributed by atoms with Crippen LogP contribution in [0.3, 0.4) is 0 Å². The van der Waals surface area contributed by atoms with E-state index in [1.54, 1.807) is 12.1 Å². The van der Waals surface area contributed by atoms with Crippen molar-refractivity contribution in [3.8, 4) is 0 Å². The van der Waals surface area contributed by atoms with E-state index < -0.39 is 10.8 Å². The van der Waals surface area contributed by atoms with Crippen molar-refractivity contribution in [2.45, 2.75) is 30.5 Å². The highest BCUT2D eigenvalue weighted by Crippen LogP contribution is 2.24. The molecule has 0 spiro atoms. The molecular formula is C12H16FNO2S. The van der Waals surface area contributed by atoms with Gasteiger partial charge in [-0.05, 0) is 25.5 Å². The van der Waals surface area contributed by atoms with Gasteiger partial charge in [-0.15, -0.1) is 0 Å². The van der Waals surface area contributed by atoms with Crippen LogP contribution in [0.1, 0.15) is 18.9 Å². The Morgan fingerprint density at radius 3 is 2.94 bits per heavy atom. The Bertz CT molecular complexity index is 418. The first-order valence-corrected chi connectivity index (χ1v) is 6.99. The molecule has 0 bridgehead atoms. The average Bonchev–Trinajstić information content (AvgIpc) is 2.70. The number of nitrogen functional groups attached to an aromatic ring is 1. The van der Waals surface area contributed by atoms with Crippen LogP contribution in [0, 0.1) is 5.82 Å². The summed E-state index contributed by atoms with van der Waals surface area (Å²) in [5.41, 5.74) is 6.41. The van der Waals surface area contributed by atoms with Crippen molar-refractivity contribution >= 4 is 16.5 Å². The predicted molar refractivity (Wildman–Crippen MR) is 66.5 cm³/mol. The van der Waals surface area contributed by atoms with E-state index in [4.69, 9.17) is 10.5 Å². The van der Waals surface area contributed by atoms with Crippen molar-refractivity contribution in [3.05, 3.63) is 29.6 Å². The lowest BCUT2D eigenvalue weighted by atomic mass is 10.2. The molecule has 1 aromatic rings. The Morgan fingerprint density at radius 2 is 2.35 bits per heavy atom. The van der Waals surface area contributed by atoms with Crippen molar-refractivity contribution in [2.75, 3.05) is 12.3 Å². The molecule has 1 heterocycles. The molecule has 5 heteroatoms. The summed E-state index contributed by atoms with van der Waals surface area (Å²) in [6, 6.07) is 4.53. The highest BCUT2D eigenvalue weighted by molar-refractivity contribution is 7.84. The zero-order chi connectivity index (χ0) is 12.4. The summed E-state index contributed by atoms with van der Waals surface area (Å²) >= 11 is 0. The van der Waals surface area contributed by atoms with E-state index in [0.29, 0.717) is 17.9 Å². The number of rotatable bonds is 3. The van der Waals surface area contributed by atoms with Crippen LogP contribution in [-0.4, -0.2) is 22.2 Å². The number of ether oxygens (including phenoxy) is 1. The molecule has 1 aliphatic rings. The number of anilines is 1. The molecule has 2 N–H and O–H groups in total. The third kappa shape index (κ3) is 2.66. The van der Waals surface area contributed by atoms with Crippen LogP contribution in [0.2, 0.25) is 0 Å². The summed E-state index contributed by atoms with van der Waals surface area (Å²) < 4.78 is 31.1. The van der Waals surface area contributed by atoms with Gasteiger partial charge in [0.2, 0.25) is 0 Å². The van der Waals surface area contributed by atoms with Crippen molar-refractivity contribution in [3.63, 3.8) is 0 Å². The van der Waals surface area contributed by atoms with Crippen LogP contribution in [0.25, 0.3) is 0 Å². The minimum Gasteiger partial charge on any atom is -0.398 e. The second-order valence-electron chi connectivity index (χ2n) is 4.24. The number of hydrogen-bond acceptors (Lipinski definition) is 3. The van der Waals surface area contributed by atoms with Crippen molar-refractivity contribution in [1.82, 2.24) is 0 Å². The number of hydrogen-bond donors (Lipinski definition) is 1. The first-order valence-electron chi connectivity index (χ1n) is 5.61. The molecule has 94 valence electrons. The standard InChI is InChI=1S/C12H16FNO2S/c1-8-12(5-6-16-8)17(15)7-9-10(13)3-2-4-11(9)14/h2-4,8,12H,5-7,14H2,1H3. The lowest BCUT2D eigenvalue weighted by Gasteiger charge is -2.14. The molecule has 1 aliphatic heterocycles. The molecule has 1 saturated heterocycles. The summed E-state index contributed by atoms with van der Waals surface area (Å²) in [5, 5.41) is -0.0194. The summed E-state index contributed by atoms with van der Waals surface area (Å²) in [7, 11) is -1.14. The van der Waals surface area contributed by atoms with Crippen LogP contribution in [0.15, 0.2) is 18.2 Å². The van der Waals surface area contributed by atoms with Gasteiger partial charge in [0.1, 0.15) is 5.82 Å². The molecule has 1 fully saturated rings. The van der Waals surface area contributed by atoms with Gasteiger partial charge in [-0.1, -0.05) is 6.07 Å². The number of benzene rings is 1. The third-order valence-electron chi connectivity index (χ3n) is 3.09. The fraction of sp³-hybridized carbons (Fsp3) is 0.500. The molecule has 3 atom stereocenters. The first-order chi connectivity index (χ1) is 8.09. The lowest BCUT2D eigenvalue weighted by Crippen LogP contribution is -2.24. The zero-order valence-electron chi connectivity index (χ0n) is 9.69. The molecule has 0 aromatic heterocycles. The van der Waals surface area contributed by atoms with Gasteiger partial charge in [0.05, 0.1) is 17.1 Å². The minimum absolute atomic E-state index is 0.0194. The Balaban J connectivity index is 2.13. The largest absolute Gasteiger partial charge is 0.398 e. The molecular weight excluding hydrogens is 241 g/mol. The molecule has 0 aliphatic carbocycles. The third-order valence-corrected chi connectivity index (χ3v) is 4.95. The zero-order valence-corrected chi connectivity index (χ0v) is 10.5. The summed E-state index contributed by atoms with van der Waals surface area (Å²) in [6.07, 6.45) is 0.742. The fourth-order valence-electron chi connectivity index (χ4n) is 2.03. The van der Waals surface area contributed by atoms with Gasteiger partial charge in [-0.3, -0.25) is 4.21 Å². The van der Waals surface area contributed by atoms with Crippen molar-refractivity contribution in [1.29, 1.82) is 0 Å². The molecule has 0 saturated carbocycles. The monoisotopic (exact) mass is 257 g/mol. The Hall–Kier alpha value is -0.940. The molecule has 0 amide bonds. The normalized spacial score (nSPS) is 26.0. The lowest BCUT2D eigenvalue weighted by molar-refractivity contribution is 0.127. The molecule has 3 nitrogen and oxygen atoms in total. The van der Waals surface area contributed by atoms with Crippen LogP contribution < -0.4 is 5.73 Å². The van der Waals surface area contributed by atoms with E-state index in [-0.39, 0.29) is 22.9 Å². The van der Waals surface area contributed by atoms with E-state index in [1.807, 2.05) is 6.92 Å². The molecule has 0 radical (unpaired) electrons. The van der Waals surface area contributed by atoms with Gasteiger partial charge in [-0.2, -0.15) is 0 Å². The quantitative estimate of drug-likeness (QED) is 0.841. The Labute approximate surface area is 103 Å². The van der Waals surface area contributed by atoms with Crippen LogP contribution in [0.5, 0.6) is 0 Å². The van der Waals surface area contributed by atoms with Gasteiger partial charge in [-0.25, -0.2) is 4.39 Å². The van der Waals surface area contributed by atoms with Crippen LogP contribution >= 0.6 is 0 Å². The Morgan fingerprint density at radius 1 is 1.59 bits per heavy atom. The molecule has 3 unspecified atom stereocenters. The van der Waals surface area contributed by atoms with E-state index in [1.165, 1.54) is 6.07 Å². The van der Waals surface area contributed by atoms with Crippen LogP contribution in [0.4, 0.5) is 10.1 Å². The van der Waals surface area contributed by atoms with Crippen molar-refractivity contribution in [2.24, 2.45) is 0 Å².